The van der Waals surface area contributed by atoms with Gasteiger partial charge in [0, 0.05) is 12.8 Å². The Morgan fingerprint density at radius 3 is 3.09 bits per heavy atom. The molecule has 0 spiro atoms. The second-order valence-corrected chi connectivity index (χ2v) is 2.15. The van der Waals surface area contributed by atoms with E-state index in [0.29, 0.717) is 12.8 Å². The SMILES string of the molecule is C#CC(=O)CCc1ccco1. The van der Waals surface area contributed by atoms with E-state index >= 15 is 0 Å². The molecule has 0 saturated carbocycles. The van der Waals surface area contributed by atoms with Crippen LogP contribution in [0.1, 0.15) is 12.2 Å². The fourth-order valence-corrected chi connectivity index (χ4v) is 0.764. The molecule has 0 aliphatic rings. The molecule has 2 heteroatoms. The normalized spacial score (nSPS) is 9.00. The van der Waals surface area contributed by atoms with Crippen molar-refractivity contribution in [3.8, 4) is 12.3 Å². The maximum atomic E-state index is 10.6. The van der Waals surface area contributed by atoms with Crippen LogP contribution in [0, 0.1) is 12.3 Å². The van der Waals surface area contributed by atoms with Gasteiger partial charge in [0.1, 0.15) is 5.76 Å². The summed E-state index contributed by atoms with van der Waals surface area (Å²) in [5, 5.41) is 0. The molecule has 1 aromatic rings. The van der Waals surface area contributed by atoms with Crippen LogP contribution in [-0.2, 0) is 11.2 Å². The number of aryl methyl sites for hydroxylation is 1. The molecule has 1 heterocycles. The van der Waals surface area contributed by atoms with Gasteiger partial charge in [0.15, 0.2) is 0 Å². The molecule has 56 valence electrons. The minimum atomic E-state index is -0.179. The number of Topliss-reactive ketones (excluding diaryl/α,β-unsaturated/α-hetero) is 1. The van der Waals surface area contributed by atoms with Gasteiger partial charge in [-0.1, -0.05) is 0 Å². The molecule has 0 radical (unpaired) electrons. The van der Waals surface area contributed by atoms with Crippen LogP contribution in [0.3, 0.4) is 0 Å². The summed E-state index contributed by atoms with van der Waals surface area (Å²) >= 11 is 0. The van der Waals surface area contributed by atoms with Crippen molar-refractivity contribution in [3.63, 3.8) is 0 Å². The predicted octanol–water partition coefficient (Wildman–Crippen LogP) is 1.41. The molecule has 1 rings (SSSR count). The minimum Gasteiger partial charge on any atom is -0.469 e. The number of furan rings is 1. The van der Waals surface area contributed by atoms with Gasteiger partial charge in [-0.3, -0.25) is 4.79 Å². The van der Waals surface area contributed by atoms with Crippen molar-refractivity contribution in [2.24, 2.45) is 0 Å². The molecule has 0 atom stereocenters. The first-order chi connectivity index (χ1) is 5.33. The average Bonchev–Trinajstić information content (AvgIpc) is 2.52. The van der Waals surface area contributed by atoms with Gasteiger partial charge in [0.2, 0.25) is 5.78 Å². The summed E-state index contributed by atoms with van der Waals surface area (Å²) in [6.07, 6.45) is 7.42. The zero-order valence-electron chi connectivity index (χ0n) is 6.04. The molecule has 0 aliphatic carbocycles. The number of rotatable bonds is 3. The second-order valence-electron chi connectivity index (χ2n) is 2.15. The lowest BCUT2D eigenvalue weighted by Gasteiger charge is -1.89. The first kappa shape index (κ1) is 7.62. The number of terminal acetylenes is 1. The molecule has 1 aromatic heterocycles. The molecular weight excluding hydrogens is 140 g/mol. The number of carbonyl (C=O) groups is 1. The highest BCUT2D eigenvalue weighted by molar-refractivity contribution is 5.94. The van der Waals surface area contributed by atoms with Crippen LogP contribution in [0.5, 0.6) is 0 Å². The number of hydrogen-bond acceptors (Lipinski definition) is 2. The fourth-order valence-electron chi connectivity index (χ4n) is 0.764. The number of hydrogen-bond donors (Lipinski definition) is 0. The van der Waals surface area contributed by atoms with E-state index in [4.69, 9.17) is 10.8 Å². The van der Waals surface area contributed by atoms with Gasteiger partial charge in [0.05, 0.1) is 6.26 Å². The van der Waals surface area contributed by atoms with Crippen molar-refractivity contribution < 1.29 is 9.21 Å². The van der Waals surface area contributed by atoms with E-state index in [-0.39, 0.29) is 5.78 Å². The van der Waals surface area contributed by atoms with Gasteiger partial charge >= 0.3 is 0 Å². The highest BCUT2D eigenvalue weighted by Crippen LogP contribution is 2.03. The van der Waals surface area contributed by atoms with Crippen LogP contribution in [0.2, 0.25) is 0 Å². The molecule has 0 amide bonds. The average molecular weight is 148 g/mol. The summed E-state index contributed by atoms with van der Waals surface area (Å²) in [5.74, 6) is 2.67. The molecule has 0 bridgehead atoms. The Kier molecular flexibility index (Phi) is 2.51. The van der Waals surface area contributed by atoms with Crippen molar-refractivity contribution in [1.82, 2.24) is 0 Å². The monoisotopic (exact) mass is 148 g/mol. The van der Waals surface area contributed by atoms with Gasteiger partial charge in [-0.2, -0.15) is 0 Å². The van der Waals surface area contributed by atoms with Crippen molar-refractivity contribution in [2.45, 2.75) is 12.8 Å². The molecular formula is C9H8O2. The maximum Gasteiger partial charge on any atom is 0.205 e. The number of ketones is 1. The second kappa shape index (κ2) is 3.62. The van der Waals surface area contributed by atoms with E-state index in [1.165, 1.54) is 0 Å². The largest absolute Gasteiger partial charge is 0.469 e. The van der Waals surface area contributed by atoms with E-state index in [2.05, 4.69) is 0 Å². The lowest BCUT2D eigenvalue weighted by Crippen LogP contribution is -1.94. The highest BCUT2D eigenvalue weighted by Gasteiger charge is 1.99. The van der Waals surface area contributed by atoms with E-state index in [1.807, 2.05) is 12.0 Å². The Morgan fingerprint density at radius 1 is 1.73 bits per heavy atom. The smallest absolute Gasteiger partial charge is 0.205 e. The first-order valence-corrected chi connectivity index (χ1v) is 3.35. The Bertz CT molecular complexity index is 264. The van der Waals surface area contributed by atoms with E-state index in [9.17, 15) is 4.79 Å². The maximum absolute atomic E-state index is 10.6. The zero-order valence-corrected chi connectivity index (χ0v) is 6.04. The molecule has 11 heavy (non-hydrogen) atoms. The summed E-state index contributed by atoms with van der Waals surface area (Å²) in [6, 6.07) is 3.61. The molecule has 2 nitrogen and oxygen atoms in total. The standard InChI is InChI=1S/C9H8O2/c1-2-8(10)5-6-9-4-3-7-11-9/h1,3-4,7H,5-6H2. The third-order valence-electron chi connectivity index (χ3n) is 1.34. The highest BCUT2D eigenvalue weighted by atomic mass is 16.3. The molecule has 0 aliphatic heterocycles. The molecule has 0 unspecified atom stereocenters. The molecule has 0 fully saturated rings. The summed E-state index contributed by atoms with van der Waals surface area (Å²) in [6.45, 7) is 0. The lowest BCUT2D eigenvalue weighted by atomic mass is 10.2. The van der Waals surface area contributed by atoms with E-state index in [1.54, 1.807) is 12.3 Å². The van der Waals surface area contributed by atoms with Crippen molar-refractivity contribution in [1.29, 1.82) is 0 Å². The van der Waals surface area contributed by atoms with Gasteiger partial charge in [-0.15, -0.1) is 6.42 Å². The zero-order chi connectivity index (χ0) is 8.10. The van der Waals surface area contributed by atoms with Crippen molar-refractivity contribution >= 4 is 5.78 Å². The Balaban J connectivity index is 2.36. The molecule has 0 saturated heterocycles. The van der Waals surface area contributed by atoms with E-state index in [0.717, 1.165) is 5.76 Å². The third-order valence-corrected chi connectivity index (χ3v) is 1.34. The van der Waals surface area contributed by atoms with Gasteiger partial charge < -0.3 is 4.42 Å². The summed E-state index contributed by atoms with van der Waals surface area (Å²) in [4.78, 5) is 10.6. The molecule has 0 aromatic carbocycles. The van der Waals surface area contributed by atoms with E-state index < -0.39 is 0 Å². The first-order valence-electron chi connectivity index (χ1n) is 3.35. The quantitative estimate of drug-likeness (QED) is 0.479. The van der Waals surface area contributed by atoms with Gasteiger partial charge in [-0.25, -0.2) is 0 Å². The van der Waals surface area contributed by atoms with Crippen LogP contribution in [0.4, 0.5) is 0 Å². The minimum absolute atomic E-state index is 0.179. The van der Waals surface area contributed by atoms with Crippen molar-refractivity contribution in [3.05, 3.63) is 24.2 Å². The predicted molar refractivity (Wildman–Crippen MR) is 40.9 cm³/mol. The van der Waals surface area contributed by atoms with Crippen LogP contribution in [0.15, 0.2) is 22.8 Å². The van der Waals surface area contributed by atoms with Crippen LogP contribution in [0.25, 0.3) is 0 Å². The summed E-state index contributed by atoms with van der Waals surface area (Å²) in [5.41, 5.74) is 0. The van der Waals surface area contributed by atoms with Crippen LogP contribution >= 0.6 is 0 Å². The number of carbonyl (C=O) groups excluding carboxylic acids is 1. The van der Waals surface area contributed by atoms with Crippen molar-refractivity contribution in [2.75, 3.05) is 0 Å². The summed E-state index contributed by atoms with van der Waals surface area (Å²) < 4.78 is 5.01. The fraction of sp³-hybridized carbons (Fsp3) is 0.222. The Morgan fingerprint density at radius 2 is 2.55 bits per heavy atom. The van der Waals surface area contributed by atoms with Gasteiger partial charge in [-0.05, 0) is 18.1 Å². The Labute approximate surface area is 65.2 Å². The third kappa shape index (κ3) is 2.30. The Hall–Kier alpha value is -1.49. The summed E-state index contributed by atoms with van der Waals surface area (Å²) in [7, 11) is 0. The molecule has 0 N–H and O–H groups in total. The lowest BCUT2D eigenvalue weighted by molar-refractivity contribution is -0.113. The topological polar surface area (TPSA) is 30.2 Å². The van der Waals surface area contributed by atoms with Gasteiger partial charge in [0.25, 0.3) is 0 Å². The van der Waals surface area contributed by atoms with Crippen LogP contribution < -0.4 is 0 Å². The van der Waals surface area contributed by atoms with Crippen LogP contribution in [-0.4, -0.2) is 5.78 Å².